The lowest BCUT2D eigenvalue weighted by atomic mass is 10.0. The van der Waals surface area contributed by atoms with Crippen molar-refractivity contribution < 1.29 is 14.3 Å². The van der Waals surface area contributed by atoms with E-state index >= 15 is 0 Å². The Morgan fingerprint density at radius 1 is 1.38 bits per heavy atom. The largest absolute Gasteiger partial charge is 0.497 e. The SMILES string of the molecule is COc1cccc(C(=O)NC2CCN(CC(N)=O)CC2)c1. The first-order valence-electron chi connectivity index (χ1n) is 7.04. The number of hydrogen-bond acceptors (Lipinski definition) is 4. The van der Waals surface area contributed by atoms with Crippen LogP contribution < -0.4 is 15.8 Å². The molecule has 6 nitrogen and oxygen atoms in total. The van der Waals surface area contributed by atoms with Gasteiger partial charge in [0.25, 0.3) is 5.91 Å². The average Bonchev–Trinajstić information content (AvgIpc) is 2.49. The Balaban J connectivity index is 1.85. The van der Waals surface area contributed by atoms with Crippen molar-refractivity contribution in [1.82, 2.24) is 10.2 Å². The van der Waals surface area contributed by atoms with E-state index in [9.17, 15) is 9.59 Å². The van der Waals surface area contributed by atoms with Crippen LogP contribution in [0.2, 0.25) is 0 Å². The van der Waals surface area contributed by atoms with Crippen molar-refractivity contribution in [3.05, 3.63) is 29.8 Å². The number of likely N-dealkylation sites (tertiary alicyclic amines) is 1. The van der Waals surface area contributed by atoms with Gasteiger partial charge in [-0.15, -0.1) is 0 Å². The summed E-state index contributed by atoms with van der Waals surface area (Å²) in [6, 6.07) is 7.22. The normalized spacial score (nSPS) is 16.4. The predicted molar refractivity (Wildman–Crippen MR) is 79.1 cm³/mol. The van der Waals surface area contributed by atoms with Crippen molar-refractivity contribution in [3.8, 4) is 5.75 Å². The van der Waals surface area contributed by atoms with E-state index in [4.69, 9.17) is 10.5 Å². The summed E-state index contributed by atoms with van der Waals surface area (Å²) in [6.45, 7) is 1.83. The quantitative estimate of drug-likeness (QED) is 0.821. The third-order valence-electron chi connectivity index (χ3n) is 3.63. The Morgan fingerprint density at radius 2 is 2.10 bits per heavy atom. The van der Waals surface area contributed by atoms with Gasteiger partial charge in [-0.3, -0.25) is 14.5 Å². The molecule has 0 atom stereocenters. The number of methoxy groups -OCH3 is 1. The first kappa shape index (κ1) is 15.3. The molecule has 6 heteroatoms. The van der Waals surface area contributed by atoms with Gasteiger partial charge in [0.1, 0.15) is 5.75 Å². The van der Waals surface area contributed by atoms with Gasteiger partial charge in [0, 0.05) is 24.7 Å². The van der Waals surface area contributed by atoms with Gasteiger partial charge >= 0.3 is 0 Å². The molecule has 2 amide bonds. The van der Waals surface area contributed by atoms with Crippen LogP contribution in [-0.2, 0) is 4.79 Å². The Hall–Kier alpha value is -2.08. The molecule has 1 aliphatic rings. The number of benzene rings is 1. The molecule has 114 valence electrons. The molecule has 0 aliphatic carbocycles. The Kier molecular flexibility index (Phi) is 5.16. The highest BCUT2D eigenvalue weighted by Gasteiger charge is 2.21. The van der Waals surface area contributed by atoms with E-state index in [1.54, 1.807) is 31.4 Å². The third-order valence-corrected chi connectivity index (χ3v) is 3.63. The molecule has 1 aliphatic heterocycles. The minimum atomic E-state index is -0.311. The van der Waals surface area contributed by atoms with Crippen molar-refractivity contribution in [2.45, 2.75) is 18.9 Å². The van der Waals surface area contributed by atoms with E-state index < -0.39 is 0 Å². The number of nitrogens with one attached hydrogen (secondary N) is 1. The monoisotopic (exact) mass is 291 g/mol. The van der Waals surface area contributed by atoms with Crippen LogP contribution in [0, 0.1) is 0 Å². The lowest BCUT2D eigenvalue weighted by molar-refractivity contribution is -0.119. The second-order valence-electron chi connectivity index (χ2n) is 5.22. The molecule has 0 aromatic heterocycles. The lowest BCUT2D eigenvalue weighted by Gasteiger charge is -2.31. The first-order chi connectivity index (χ1) is 10.1. The first-order valence-corrected chi connectivity index (χ1v) is 7.04. The summed E-state index contributed by atoms with van der Waals surface area (Å²) < 4.78 is 5.12. The Bertz CT molecular complexity index is 511. The van der Waals surface area contributed by atoms with Gasteiger partial charge in [-0.05, 0) is 31.0 Å². The highest BCUT2D eigenvalue weighted by Crippen LogP contribution is 2.14. The molecular formula is C15H21N3O3. The maximum atomic E-state index is 12.2. The number of rotatable bonds is 5. The van der Waals surface area contributed by atoms with E-state index in [1.165, 1.54) is 0 Å². The highest BCUT2D eigenvalue weighted by molar-refractivity contribution is 5.94. The van der Waals surface area contributed by atoms with Gasteiger partial charge in [-0.25, -0.2) is 0 Å². The zero-order valence-electron chi connectivity index (χ0n) is 12.2. The van der Waals surface area contributed by atoms with Crippen molar-refractivity contribution in [2.24, 2.45) is 5.73 Å². The zero-order chi connectivity index (χ0) is 15.2. The van der Waals surface area contributed by atoms with Gasteiger partial charge in [0.15, 0.2) is 0 Å². The van der Waals surface area contributed by atoms with Crippen LogP contribution in [0.5, 0.6) is 5.75 Å². The zero-order valence-corrected chi connectivity index (χ0v) is 12.2. The fourth-order valence-corrected chi connectivity index (χ4v) is 2.49. The standard InChI is InChI=1S/C15H21N3O3/c1-21-13-4-2-3-11(9-13)15(20)17-12-5-7-18(8-6-12)10-14(16)19/h2-4,9,12H,5-8,10H2,1H3,(H2,16,19)(H,17,20). The van der Waals surface area contributed by atoms with Crippen LogP contribution >= 0.6 is 0 Å². The number of amides is 2. The van der Waals surface area contributed by atoms with Gasteiger partial charge in [-0.2, -0.15) is 0 Å². The number of ether oxygens (including phenoxy) is 1. The summed E-state index contributed by atoms with van der Waals surface area (Å²) in [7, 11) is 1.57. The van der Waals surface area contributed by atoms with Crippen LogP contribution in [-0.4, -0.2) is 49.5 Å². The maximum Gasteiger partial charge on any atom is 0.251 e. The number of piperidine rings is 1. The lowest BCUT2D eigenvalue weighted by Crippen LogP contribution is -2.46. The smallest absolute Gasteiger partial charge is 0.251 e. The molecule has 0 unspecified atom stereocenters. The molecule has 0 saturated carbocycles. The topological polar surface area (TPSA) is 84.7 Å². The average molecular weight is 291 g/mol. The molecule has 1 aromatic rings. The molecule has 1 saturated heterocycles. The fraction of sp³-hybridized carbons (Fsp3) is 0.467. The summed E-state index contributed by atoms with van der Waals surface area (Å²) in [4.78, 5) is 25.1. The minimum absolute atomic E-state index is 0.0951. The van der Waals surface area contributed by atoms with Gasteiger partial charge in [0.2, 0.25) is 5.91 Å². The minimum Gasteiger partial charge on any atom is -0.497 e. The molecule has 1 fully saturated rings. The highest BCUT2D eigenvalue weighted by atomic mass is 16.5. The number of hydrogen-bond donors (Lipinski definition) is 2. The number of nitrogens with zero attached hydrogens (tertiary/aromatic N) is 1. The van der Waals surface area contributed by atoms with E-state index in [-0.39, 0.29) is 24.4 Å². The molecule has 0 radical (unpaired) electrons. The predicted octanol–water partition coefficient (Wildman–Crippen LogP) is 0.375. The molecule has 1 aromatic carbocycles. The van der Waals surface area contributed by atoms with E-state index in [1.807, 2.05) is 4.90 Å². The maximum absolute atomic E-state index is 12.2. The van der Waals surface area contributed by atoms with Crippen molar-refractivity contribution >= 4 is 11.8 Å². The summed E-state index contributed by atoms with van der Waals surface area (Å²) >= 11 is 0. The summed E-state index contributed by atoms with van der Waals surface area (Å²) in [5.74, 6) is 0.259. The van der Waals surface area contributed by atoms with Gasteiger partial charge in [-0.1, -0.05) is 6.07 Å². The van der Waals surface area contributed by atoms with E-state index in [0.717, 1.165) is 25.9 Å². The molecule has 2 rings (SSSR count). The van der Waals surface area contributed by atoms with Crippen LogP contribution in [0.3, 0.4) is 0 Å². The number of carbonyl (C=O) groups excluding carboxylic acids is 2. The second kappa shape index (κ2) is 7.08. The summed E-state index contributed by atoms with van der Waals surface area (Å²) in [5.41, 5.74) is 5.77. The molecule has 0 spiro atoms. The molecule has 1 heterocycles. The van der Waals surface area contributed by atoms with Crippen LogP contribution in [0.25, 0.3) is 0 Å². The summed E-state index contributed by atoms with van der Waals surface area (Å²) in [6.07, 6.45) is 1.64. The van der Waals surface area contributed by atoms with Crippen molar-refractivity contribution in [1.29, 1.82) is 0 Å². The Labute approximate surface area is 124 Å². The number of primary amides is 1. The number of nitrogens with two attached hydrogens (primary N) is 1. The molecule has 0 bridgehead atoms. The Morgan fingerprint density at radius 3 is 2.71 bits per heavy atom. The van der Waals surface area contributed by atoms with Crippen LogP contribution in [0.1, 0.15) is 23.2 Å². The van der Waals surface area contributed by atoms with Crippen molar-refractivity contribution in [2.75, 3.05) is 26.7 Å². The summed E-state index contributed by atoms with van der Waals surface area (Å²) in [5, 5.41) is 3.02. The number of carbonyl (C=O) groups is 2. The van der Waals surface area contributed by atoms with Crippen LogP contribution in [0.15, 0.2) is 24.3 Å². The van der Waals surface area contributed by atoms with Crippen LogP contribution in [0.4, 0.5) is 0 Å². The molecular weight excluding hydrogens is 270 g/mol. The van der Waals surface area contributed by atoms with Crippen molar-refractivity contribution in [3.63, 3.8) is 0 Å². The van der Waals surface area contributed by atoms with Gasteiger partial charge in [0.05, 0.1) is 13.7 Å². The second-order valence-corrected chi connectivity index (χ2v) is 5.22. The fourth-order valence-electron chi connectivity index (χ4n) is 2.49. The van der Waals surface area contributed by atoms with E-state index in [2.05, 4.69) is 5.32 Å². The van der Waals surface area contributed by atoms with E-state index in [0.29, 0.717) is 11.3 Å². The molecule has 3 N–H and O–H groups in total. The molecule has 21 heavy (non-hydrogen) atoms. The third kappa shape index (κ3) is 4.46. The van der Waals surface area contributed by atoms with Gasteiger partial charge < -0.3 is 15.8 Å².